The van der Waals surface area contributed by atoms with E-state index in [1.165, 1.54) is 12.1 Å². The van der Waals surface area contributed by atoms with Crippen LogP contribution in [0.5, 0.6) is 0 Å². The van der Waals surface area contributed by atoms with Crippen molar-refractivity contribution in [1.82, 2.24) is 0 Å². The fourth-order valence-corrected chi connectivity index (χ4v) is 2.76. The lowest BCUT2D eigenvalue weighted by Gasteiger charge is -2.28. The van der Waals surface area contributed by atoms with Gasteiger partial charge < -0.3 is 10.0 Å². The molecule has 0 spiro atoms. The molecule has 0 radical (unpaired) electrons. The molecule has 1 N–H and O–H groups in total. The zero-order valence-electron chi connectivity index (χ0n) is 9.80. The van der Waals surface area contributed by atoms with Gasteiger partial charge in [0.25, 0.3) is 0 Å². The van der Waals surface area contributed by atoms with Crippen molar-refractivity contribution >= 4 is 29.5 Å². The second-order valence-corrected chi connectivity index (χ2v) is 5.21. The summed E-state index contributed by atoms with van der Waals surface area (Å²) in [6, 6.07) is 4.82. The maximum atomic E-state index is 13.9. The Balaban J connectivity index is 2.16. The molecule has 3 nitrogen and oxygen atoms in total. The third kappa shape index (κ3) is 3.26. The lowest BCUT2D eigenvalue weighted by molar-refractivity contribution is -0.131. The number of halogens is 1. The average molecular weight is 267 g/mol. The van der Waals surface area contributed by atoms with Gasteiger partial charge in [-0.3, -0.25) is 0 Å². The van der Waals surface area contributed by atoms with Gasteiger partial charge in [-0.1, -0.05) is 6.07 Å². The number of benzene rings is 1. The van der Waals surface area contributed by atoms with Gasteiger partial charge in [-0.15, -0.1) is 0 Å². The second-order valence-electron chi connectivity index (χ2n) is 3.98. The Morgan fingerprint density at radius 2 is 2.11 bits per heavy atom. The monoisotopic (exact) mass is 267 g/mol. The van der Waals surface area contributed by atoms with Crippen molar-refractivity contribution in [1.29, 1.82) is 0 Å². The Morgan fingerprint density at radius 1 is 1.39 bits per heavy atom. The minimum absolute atomic E-state index is 0.297. The first-order valence-corrected chi connectivity index (χ1v) is 6.85. The molecule has 0 saturated carbocycles. The smallest absolute Gasteiger partial charge is 0.328 e. The van der Waals surface area contributed by atoms with Gasteiger partial charge in [0.1, 0.15) is 5.82 Å². The van der Waals surface area contributed by atoms with Gasteiger partial charge in [0.05, 0.1) is 5.69 Å². The molecule has 0 bridgehead atoms. The molecule has 0 aliphatic carbocycles. The molecule has 0 amide bonds. The van der Waals surface area contributed by atoms with E-state index in [9.17, 15) is 9.18 Å². The Hall–Kier alpha value is -1.49. The predicted octanol–water partition coefficient (Wildman–Crippen LogP) is 2.48. The summed E-state index contributed by atoms with van der Waals surface area (Å²) in [5.41, 5.74) is 1.16. The van der Waals surface area contributed by atoms with E-state index in [0.717, 1.165) is 30.7 Å². The van der Waals surface area contributed by atoms with E-state index in [4.69, 9.17) is 5.11 Å². The fraction of sp³-hybridized carbons (Fsp3) is 0.308. The summed E-state index contributed by atoms with van der Waals surface area (Å²) in [4.78, 5) is 12.4. The zero-order valence-corrected chi connectivity index (χ0v) is 10.6. The molecular weight excluding hydrogens is 253 g/mol. The van der Waals surface area contributed by atoms with Crippen LogP contribution in [0.2, 0.25) is 0 Å². The first kappa shape index (κ1) is 13.0. The van der Waals surface area contributed by atoms with Crippen LogP contribution in [0.15, 0.2) is 24.3 Å². The number of carboxylic acids is 1. The highest BCUT2D eigenvalue weighted by atomic mass is 32.2. The number of carbonyl (C=O) groups is 1. The number of aliphatic carboxylic acids is 1. The van der Waals surface area contributed by atoms with Crippen molar-refractivity contribution in [2.24, 2.45) is 0 Å². The summed E-state index contributed by atoms with van der Waals surface area (Å²) in [5.74, 6) is 0.696. The van der Waals surface area contributed by atoms with Gasteiger partial charge in [0.2, 0.25) is 0 Å². The molecule has 1 aromatic rings. The topological polar surface area (TPSA) is 40.5 Å². The summed E-state index contributed by atoms with van der Waals surface area (Å²) < 4.78 is 13.9. The molecule has 2 rings (SSSR count). The predicted molar refractivity (Wildman–Crippen MR) is 72.6 cm³/mol. The standard InChI is InChI=1S/C13H14FNO2S/c14-11-9-10(2-4-13(16)17)1-3-12(11)15-5-7-18-8-6-15/h1-4,9H,5-8H2,(H,16,17)/b4-2+. The van der Waals surface area contributed by atoms with Gasteiger partial charge in [0, 0.05) is 30.7 Å². The van der Waals surface area contributed by atoms with E-state index in [2.05, 4.69) is 0 Å². The molecule has 0 aromatic heterocycles. The maximum absolute atomic E-state index is 13.9. The number of anilines is 1. The molecule has 0 atom stereocenters. The number of carboxylic acid groups (broad SMARTS) is 1. The first-order chi connectivity index (χ1) is 8.66. The zero-order chi connectivity index (χ0) is 13.0. The molecule has 0 unspecified atom stereocenters. The Kier molecular flexibility index (Phi) is 4.25. The summed E-state index contributed by atoms with van der Waals surface area (Å²) in [7, 11) is 0. The maximum Gasteiger partial charge on any atom is 0.328 e. The van der Waals surface area contributed by atoms with Crippen LogP contribution in [0.4, 0.5) is 10.1 Å². The van der Waals surface area contributed by atoms with E-state index in [1.54, 1.807) is 12.1 Å². The SMILES string of the molecule is O=C(O)/C=C/c1ccc(N2CCSCC2)c(F)c1. The third-order valence-electron chi connectivity index (χ3n) is 2.74. The summed E-state index contributed by atoms with van der Waals surface area (Å²) >= 11 is 1.87. The highest BCUT2D eigenvalue weighted by Gasteiger charge is 2.14. The van der Waals surface area contributed by atoms with Crippen LogP contribution in [0.25, 0.3) is 6.08 Å². The lowest BCUT2D eigenvalue weighted by atomic mass is 10.1. The molecule has 1 saturated heterocycles. The number of hydrogen-bond acceptors (Lipinski definition) is 3. The molecule has 1 heterocycles. The number of rotatable bonds is 3. The highest BCUT2D eigenvalue weighted by molar-refractivity contribution is 7.99. The lowest BCUT2D eigenvalue weighted by Crippen LogP contribution is -2.33. The average Bonchev–Trinajstić information content (AvgIpc) is 2.37. The van der Waals surface area contributed by atoms with Crippen LogP contribution in [-0.4, -0.2) is 35.7 Å². The molecule has 1 aliphatic rings. The van der Waals surface area contributed by atoms with Crippen molar-refractivity contribution in [2.75, 3.05) is 29.5 Å². The Morgan fingerprint density at radius 3 is 2.72 bits per heavy atom. The van der Waals surface area contributed by atoms with Crippen LogP contribution in [0, 0.1) is 5.82 Å². The van der Waals surface area contributed by atoms with E-state index in [-0.39, 0.29) is 5.82 Å². The largest absolute Gasteiger partial charge is 0.478 e. The third-order valence-corrected chi connectivity index (χ3v) is 3.68. The van der Waals surface area contributed by atoms with Crippen molar-refractivity contribution < 1.29 is 14.3 Å². The summed E-state index contributed by atoms with van der Waals surface area (Å²) in [6.45, 7) is 1.71. The molecule has 18 heavy (non-hydrogen) atoms. The van der Waals surface area contributed by atoms with E-state index >= 15 is 0 Å². The number of thioether (sulfide) groups is 1. The quantitative estimate of drug-likeness (QED) is 0.854. The minimum atomic E-state index is -1.03. The summed E-state index contributed by atoms with van der Waals surface area (Å²) in [5, 5.41) is 8.51. The number of hydrogen-bond donors (Lipinski definition) is 1. The van der Waals surface area contributed by atoms with Crippen molar-refractivity contribution in [3.63, 3.8) is 0 Å². The first-order valence-electron chi connectivity index (χ1n) is 5.70. The van der Waals surface area contributed by atoms with Gasteiger partial charge in [-0.25, -0.2) is 9.18 Å². The second kappa shape index (κ2) is 5.91. The molecule has 1 fully saturated rings. The normalized spacial score (nSPS) is 16.2. The van der Waals surface area contributed by atoms with Crippen molar-refractivity contribution in [2.45, 2.75) is 0 Å². The van der Waals surface area contributed by atoms with E-state index < -0.39 is 5.97 Å². The van der Waals surface area contributed by atoms with Crippen LogP contribution in [-0.2, 0) is 4.79 Å². The molecule has 5 heteroatoms. The van der Waals surface area contributed by atoms with Crippen LogP contribution < -0.4 is 4.90 Å². The molecule has 96 valence electrons. The molecule has 1 aliphatic heterocycles. The van der Waals surface area contributed by atoms with E-state index in [1.807, 2.05) is 16.7 Å². The van der Waals surface area contributed by atoms with Gasteiger partial charge >= 0.3 is 5.97 Å². The minimum Gasteiger partial charge on any atom is -0.478 e. The number of nitrogens with zero attached hydrogens (tertiary/aromatic N) is 1. The van der Waals surface area contributed by atoms with Crippen LogP contribution in [0.1, 0.15) is 5.56 Å². The van der Waals surface area contributed by atoms with Crippen LogP contribution in [0.3, 0.4) is 0 Å². The fourth-order valence-electron chi connectivity index (χ4n) is 1.86. The Labute approximate surface area is 109 Å². The van der Waals surface area contributed by atoms with Crippen molar-refractivity contribution in [3.05, 3.63) is 35.7 Å². The van der Waals surface area contributed by atoms with Gasteiger partial charge in [0.15, 0.2) is 0 Å². The van der Waals surface area contributed by atoms with Gasteiger partial charge in [-0.05, 0) is 23.8 Å². The summed E-state index contributed by atoms with van der Waals surface area (Å²) in [6.07, 6.45) is 2.40. The molecular formula is C13H14FNO2S. The molecule has 1 aromatic carbocycles. The van der Waals surface area contributed by atoms with E-state index in [0.29, 0.717) is 11.3 Å². The van der Waals surface area contributed by atoms with Gasteiger partial charge in [-0.2, -0.15) is 11.8 Å². The van der Waals surface area contributed by atoms with Crippen molar-refractivity contribution in [3.8, 4) is 0 Å². The highest BCUT2D eigenvalue weighted by Crippen LogP contribution is 2.24. The van der Waals surface area contributed by atoms with Crippen LogP contribution >= 0.6 is 11.8 Å². The Bertz CT molecular complexity index is 470.